The van der Waals surface area contributed by atoms with E-state index >= 15 is 0 Å². The third-order valence-electron chi connectivity index (χ3n) is 2.69. The van der Waals surface area contributed by atoms with Gasteiger partial charge in [0.05, 0.1) is 10.6 Å². The molecule has 5 heteroatoms. The van der Waals surface area contributed by atoms with Crippen molar-refractivity contribution in [3.63, 3.8) is 0 Å². The molecule has 98 valence electrons. The van der Waals surface area contributed by atoms with Gasteiger partial charge >= 0.3 is 0 Å². The number of benzene rings is 2. The Morgan fingerprint density at radius 2 is 1.74 bits per heavy atom. The zero-order valence-electron chi connectivity index (χ0n) is 9.81. The van der Waals surface area contributed by atoms with Crippen molar-refractivity contribution >= 4 is 17.4 Å². The summed E-state index contributed by atoms with van der Waals surface area (Å²) in [5.74, 6) is -3.72. The van der Waals surface area contributed by atoms with Crippen LogP contribution in [0.25, 0.3) is 0 Å². The zero-order valence-corrected chi connectivity index (χ0v) is 10.6. The van der Waals surface area contributed by atoms with Crippen LogP contribution in [0.5, 0.6) is 0 Å². The lowest BCUT2D eigenvalue weighted by Gasteiger charge is -2.07. The predicted octanol–water partition coefficient (Wildman–Crippen LogP) is 4.30. The molecule has 0 aromatic heterocycles. The first-order chi connectivity index (χ1) is 8.91. The molecule has 0 saturated heterocycles. The van der Waals surface area contributed by atoms with Crippen LogP contribution in [-0.4, -0.2) is 5.78 Å². The molecule has 0 atom stereocenters. The second-order valence-electron chi connectivity index (χ2n) is 4.01. The molecule has 0 heterocycles. The van der Waals surface area contributed by atoms with Gasteiger partial charge in [-0.3, -0.25) is 4.79 Å². The number of carbonyl (C=O) groups excluding carboxylic acids is 1. The van der Waals surface area contributed by atoms with E-state index in [1.807, 2.05) is 0 Å². The van der Waals surface area contributed by atoms with Crippen LogP contribution in [0.1, 0.15) is 21.5 Å². The van der Waals surface area contributed by atoms with Gasteiger partial charge in [0.2, 0.25) is 0 Å². The Morgan fingerprint density at radius 3 is 2.42 bits per heavy atom. The lowest BCUT2D eigenvalue weighted by atomic mass is 10.0. The van der Waals surface area contributed by atoms with E-state index in [2.05, 4.69) is 0 Å². The first kappa shape index (κ1) is 13.6. The van der Waals surface area contributed by atoms with Crippen molar-refractivity contribution < 1.29 is 18.0 Å². The van der Waals surface area contributed by atoms with Gasteiger partial charge in [0.15, 0.2) is 17.4 Å². The Balaban J connectivity index is 2.56. The Hall–Kier alpha value is -1.81. The topological polar surface area (TPSA) is 17.1 Å². The van der Waals surface area contributed by atoms with Crippen LogP contribution in [0.4, 0.5) is 13.2 Å². The van der Waals surface area contributed by atoms with Gasteiger partial charge in [-0.1, -0.05) is 17.7 Å². The molecule has 0 aliphatic heterocycles. The van der Waals surface area contributed by atoms with Crippen LogP contribution >= 0.6 is 11.6 Å². The van der Waals surface area contributed by atoms with Crippen molar-refractivity contribution in [3.05, 3.63) is 69.5 Å². The van der Waals surface area contributed by atoms with E-state index in [-0.39, 0.29) is 16.1 Å². The van der Waals surface area contributed by atoms with Gasteiger partial charge in [-0.15, -0.1) is 0 Å². The van der Waals surface area contributed by atoms with Gasteiger partial charge < -0.3 is 0 Å². The van der Waals surface area contributed by atoms with Gasteiger partial charge in [-0.05, 0) is 36.8 Å². The van der Waals surface area contributed by atoms with Gasteiger partial charge in [0, 0.05) is 5.56 Å². The van der Waals surface area contributed by atoms with Crippen LogP contribution < -0.4 is 0 Å². The molecule has 19 heavy (non-hydrogen) atoms. The van der Waals surface area contributed by atoms with Crippen molar-refractivity contribution in [1.82, 2.24) is 0 Å². The SMILES string of the molecule is Cc1cc(C(=O)c2cccc(F)c2F)c(Cl)cc1F. The molecule has 0 radical (unpaired) electrons. The number of hydrogen-bond acceptors (Lipinski definition) is 1. The quantitative estimate of drug-likeness (QED) is 0.752. The van der Waals surface area contributed by atoms with E-state index in [1.54, 1.807) is 0 Å². The summed E-state index contributed by atoms with van der Waals surface area (Å²) in [7, 11) is 0. The Morgan fingerprint density at radius 1 is 1.05 bits per heavy atom. The smallest absolute Gasteiger partial charge is 0.197 e. The first-order valence-electron chi connectivity index (χ1n) is 5.36. The lowest BCUT2D eigenvalue weighted by molar-refractivity contribution is 0.103. The second kappa shape index (κ2) is 5.05. The number of halogens is 4. The Kier molecular flexibility index (Phi) is 3.62. The highest BCUT2D eigenvalue weighted by Gasteiger charge is 2.20. The summed E-state index contributed by atoms with van der Waals surface area (Å²) in [6, 6.07) is 5.46. The molecular formula is C14H8ClF3O. The van der Waals surface area contributed by atoms with Gasteiger partial charge in [0.1, 0.15) is 5.82 Å². The summed E-state index contributed by atoms with van der Waals surface area (Å²) in [5, 5.41) is -0.142. The van der Waals surface area contributed by atoms with Crippen LogP contribution in [-0.2, 0) is 0 Å². The van der Waals surface area contributed by atoms with Crippen molar-refractivity contribution in [2.45, 2.75) is 6.92 Å². The van der Waals surface area contributed by atoms with Crippen LogP contribution in [0, 0.1) is 24.4 Å². The minimum atomic E-state index is -1.24. The van der Waals surface area contributed by atoms with Crippen molar-refractivity contribution in [2.24, 2.45) is 0 Å². The monoisotopic (exact) mass is 284 g/mol. The molecule has 0 fully saturated rings. The Labute approximate surface area is 112 Å². The maximum absolute atomic E-state index is 13.5. The molecular weight excluding hydrogens is 277 g/mol. The molecule has 2 aromatic rings. The van der Waals surface area contributed by atoms with E-state index in [1.165, 1.54) is 19.1 Å². The van der Waals surface area contributed by atoms with Crippen molar-refractivity contribution in [2.75, 3.05) is 0 Å². The van der Waals surface area contributed by atoms with E-state index in [0.29, 0.717) is 0 Å². The molecule has 0 saturated carbocycles. The van der Waals surface area contributed by atoms with E-state index in [9.17, 15) is 18.0 Å². The summed E-state index contributed by atoms with van der Waals surface area (Å²) < 4.78 is 39.9. The normalized spacial score (nSPS) is 10.6. The maximum Gasteiger partial charge on any atom is 0.197 e. The van der Waals surface area contributed by atoms with Crippen LogP contribution in [0.3, 0.4) is 0 Å². The van der Waals surface area contributed by atoms with Gasteiger partial charge in [0.25, 0.3) is 0 Å². The molecule has 0 unspecified atom stereocenters. The molecule has 2 rings (SSSR count). The molecule has 0 aliphatic rings. The summed E-state index contributed by atoms with van der Waals surface area (Å²) in [4.78, 5) is 12.1. The fourth-order valence-corrected chi connectivity index (χ4v) is 1.89. The number of hydrogen-bond donors (Lipinski definition) is 0. The van der Waals surface area contributed by atoms with E-state index in [4.69, 9.17) is 11.6 Å². The molecule has 0 bridgehead atoms. The largest absolute Gasteiger partial charge is 0.288 e. The second-order valence-corrected chi connectivity index (χ2v) is 4.42. The highest BCUT2D eigenvalue weighted by molar-refractivity contribution is 6.35. The predicted molar refractivity (Wildman–Crippen MR) is 65.9 cm³/mol. The van der Waals surface area contributed by atoms with E-state index in [0.717, 1.165) is 18.2 Å². The minimum absolute atomic E-state index is 0.0648. The number of ketones is 1. The van der Waals surface area contributed by atoms with E-state index < -0.39 is 28.8 Å². The standard InChI is InChI=1S/C14H8ClF3O/c1-7-5-9(10(15)6-12(7)17)14(19)8-3-2-4-11(16)13(8)18/h2-6H,1H3. The molecule has 0 aliphatic carbocycles. The summed E-state index contributed by atoms with van der Waals surface area (Å²) >= 11 is 5.76. The maximum atomic E-state index is 13.5. The summed E-state index contributed by atoms with van der Waals surface area (Å²) in [5.41, 5.74) is -0.303. The lowest BCUT2D eigenvalue weighted by Crippen LogP contribution is -2.07. The average molecular weight is 285 g/mol. The number of carbonyl (C=O) groups is 1. The zero-order chi connectivity index (χ0) is 14.2. The fraction of sp³-hybridized carbons (Fsp3) is 0.0714. The third kappa shape index (κ3) is 2.49. The molecule has 0 amide bonds. The van der Waals surface area contributed by atoms with Crippen molar-refractivity contribution in [1.29, 1.82) is 0 Å². The highest BCUT2D eigenvalue weighted by Crippen LogP contribution is 2.24. The molecule has 2 aromatic carbocycles. The fourth-order valence-electron chi connectivity index (χ4n) is 1.66. The summed E-state index contributed by atoms with van der Waals surface area (Å²) in [6.07, 6.45) is 0. The van der Waals surface area contributed by atoms with Crippen LogP contribution in [0.15, 0.2) is 30.3 Å². The van der Waals surface area contributed by atoms with Gasteiger partial charge in [-0.25, -0.2) is 13.2 Å². The Bertz CT molecular complexity index is 668. The van der Waals surface area contributed by atoms with Crippen molar-refractivity contribution in [3.8, 4) is 0 Å². The minimum Gasteiger partial charge on any atom is -0.288 e. The molecule has 1 nitrogen and oxygen atoms in total. The number of rotatable bonds is 2. The van der Waals surface area contributed by atoms with Crippen LogP contribution in [0.2, 0.25) is 5.02 Å². The number of aryl methyl sites for hydroxylation is 1. The molecule has 0 spiro atoms. The summed E-state index contributed by atoms with van der Waals surface area (Å²) in [6.45, 7) is 1.45. The van der Waals surface area contributed by atoms with Gasteiger partial charge in [-0.2, -0.15) is 0 Å². The average Bonchev–Trinajstić information content (AvgIpc) is 2.36. The molecule has 0 N–H and O–H groups in total. The first-order valence-corrected chi connectivity index (χ1v) is 5.74. The highest BCUT2D eigenvalue weighted by atomic mass is 35.5. The third-order valence-corrected chi connectivity index (χ3v) is 3.00.